The van der Waals surface area contributed by atoms with E-state index in [1.807, 2.05) is 6.07 Å². The molecule has 0 fully saturated rings. The van der Waals surface area contributed by atoms with Crippen molar-refractivity contribution in [3.8, 4) is 11.3 Å². The minimum atomic E-state index is -2.25. The van der Waals surface area contributed by atoms with Crippen molar-refractivity contribution in [3.63, 3.8) is 0 Å². The summed E-state index contributed by atoms with van der Waals surface area (Å²) < 4.78 is 23.3. The van der Waals surface area contributed by atoms with Crippen LogP contribution in [0.2, 0.25) is 6.55 Å². The van der Waals surface area contributed by atoms with Gasteiger partial charge in [0.05, 0.1) is 5.56 Å². The molecule has 0 atom stereocenters. The summed E-state index contributed by atoms with van der Waals surface area (Å²) in [5.41, 5.74) is 8.88. The van der Waals surface area contributed by atoms with Gasteiger partial charge in [0.15, 0.2) is 0 Å². The summed E-state index contributed by atoms with van der Waals surface area (Å²) in [4.78, 5) is 0. The summed E-state index contributed by atoms with van der Waals surface area (Å²) in [6.45, 7) is 10.8. The van der Waals surface area contributed by atoms with Crippen molar-refractivity contribution in [3.05, 3.63) is 131 Å². The molecule has 0 N–H and O–H groups in total. The number of aryl methyl sites for hydroxylation is 4. The van der Waals surface area contributed by atoms with Gasteiger partial charge in [-0.2, -0.15) is 4.57 Å². The van der Waals surface area contributed by atoms with E-state index in [1.54, 1.807) is 13.0 Å². The maximum atomic E-state index is 14.5. The molecule has 0 amide bonds. The monoisotopic (exact) mass is 580 g/mol. The number of hydrogen-bond donors (Lipinski definition) is 0. The highest BCUT2D eigenvalue weighted by atomic mass is 28.3. The van der Waals surface area contributed by atoms with Crippen molar-refractivity contribution in [2.24, 2.45) is 7.05 Å². The fourth-order valence-electron chi connectivity index (χ4n) is 6.87. The molecule has 0 aliphatic heterocycles. The SMILES string of the molecule is Cc1cc2c(oc3c(C)c(F)ccc32)c(-c2cc(C)c3cc([Si](C)(c4ccccc4)c4ccccc4)ccc3[n+]2C)c1C. The van der Waals surface area contributed by atoms with Crippen LogP contribution in [0.15, 0.2) is 108 Å². The van der Waals surface area contributed by atoms with E-state index in [0.717, 1.165) is 27.6 Å². The smallest absolute Gasteiger partial charge is 0.217 e. The highest BCUT2D eigenvalue weighted by Gasteiger charge is 2.35. The summed E-state index contributed by atoms with van der Waals surface area (Å²) in [5.74, 6) is -0.244. The van der Waals surface area contributed by atoms with Crippen LogP contribution in [-0.2, 0) is 7.05 Å². The Morgan fingerprint density at radius 1 is 0.605 bits per heavy atom. The molecule has 2 nitrogen and oxygen atoms in total. The summed E-state index contributed by atoms with van der Waals surface area (Å²) in [5, 5.41) is 7.41. The van der Waals surface area contributed by atoms with Crippen molar-refractivity contribution < 1.29 is 13.4 Å². The van der Waals surface area contributed by atoms with Gasteiger partial charge in [-0.3, -0.25) is 0 Å². The molecule has 43 heavy (non-hydrogen) atoms. The second-order valence-electron chi connectivity index (χ2n) is 12.1. The Balaban J connectivity index is 1.48. The molecule has 7 aromatic rings. The Kier molecular flexibility index (Phi) is 6.37. The van der Waals surface area contributed by atoms with Crippen molar-refractivity contribution in [2.45, 2.75) is 34.2 Å². The average Bonchev–Trinajstić information content (AvgIpc) is 3.40. The first-order valence-electron chi connectivity index (χ1n) is 14.9. The van der Waals surface area contributed by atoms with Gasteiger partial charge in [0.2, 0.25) is 11.2 Å². The van der Waals surface area contributed by atoms with Crippen molar-refractivity contribution in [2.75, 3.05) is 0 Å². The predicted octanol–water partition coefficient (Wildman–Crippen LogP) is 7.70. The van der Waals surface area contributed by atoms with E-state index in [9.17, 15) is 4.39 Å². The number of furan rings is 1. The van der Waals surface area contributed by atoms with Gasteiger partial charge in [-0.25, -0.2) is 4.39 Å². The lowest BCUT2D eigenvalue weighted by Crippen LogP contribution is -2.64. The lowest BCUT2D eigenvalue weighted by Gasteiger charge is -2.29. The first-order valence-corrected chi connectivity index (χ1v) is 17.4. The number of rotatable bonds is 4. The number of nitrogens with zero attached hydrogens (tertiary/aromatic N) is 1. The van der Waals surface area contributed by atoms with Crippen LogP contribution in [0.25, 0.3) is 44.1 Å². The predicted molar refractivity (Wildman–Crippen MR) is 180 cm³/mol. The molecule has 2 heterocycles. The number of aromatic nitrogens is 1. The van der Waals surface area contributed by atoms with Gasteiger partial charge in [0.1, 0.15) is 32.1 Å². The topological polar surface area (TPSA) is 17.0 Å². The fraction of sp³-hybridized carbons (Fsp3) is 0.154. The summed E-state index contributed by atoms with van der Waals surface area (Å²) in [7, 11) is -0.108. The highest BCUT2D eigenvalue weighted by Crippen LogP contribution is 2.40. The quantitative estimate of drug-likeness (QED) is 0.118. The molecular formula is C39H35FNOSi+. The Hall–Kier alpha value is -4.54. The van der Waals surface area contributed by atoms with Gasteiger partial charge in [0, 0.05) is 33.9 Å². The lowest BCUT2D eigenvalue weighted by molar-refractivity contribution is -0.633. The standard InChI is InChI=1S/C39H35FNOSi/c1-24-21-33-31-18-19-34(40)27(4)38(31)42-39(33)37(26(24)3)36-22-25(2)32-23-30(17-20-35(32)41(36)5)43(6,28-13-9-7-10-14-28)29-15-11-8-12-16-29/h7-23H,1-6H3/q+1. The maximum absolute atomic E-state index is 14.5. The molecule has 212 valence electrons. The molecule has 0 unspecified atom stereocenters. The zero-order valence-electron chi connectivity index (χ0n) is 25.5. The number of pyridine rings is 1. The van der Waals surface area contributed by atoms with Gasteiger partial charge in [-0.05, 0) is 84.2 Å². The normalized spacial score (nSPS) is 12.1. The summed E-state index contributed by atoms with van der Waals surface area (Å²) in [6.07, 6.45) is 0. The van der Waals surface area contributed by atoms with Crippen LogP contribution in [0.1, 0.15) is 22.3 Å². The zero-order chi connectivity index (χ0) is 30.0. The Morgan fingerprint density at radius 2 is 1.26 bits per heavy atom. The summed E-state index contributed by atoms with van der Waals surface area (Å²) in [6, 6.07) is 36.8. The van der Waals surface area contributed by atoms with Gasteiger partial charge >= 0.3 is 0 Å². The molecule has 7 rings (SSSR count). The minimum Gasteiger partial charge on any atom is -0.455 e. The molecule has 4 heteroatoms. The number of hydrogen-bond acceptors (Lipinski definition) is 1. The van der Waals surface area contributed by atoms with Crippen LogP contribution >= 0.6 is 0 Å². The van der Waals surface area contributed by atoms with Gasteiger partial charge in [-0.15, -0.1) is 0 Å². The molecule has 0 saturated carbocycles. The van der Waals surface area contributed by atoms with Crippen molar-refractivity contribution in [1.29, 1.82) is 0 Å². The van der Waals surface area contributed by atoms with Gasteiger partial charge < -0.3 is 4.42 Å². The molecule has 2 aromatic heterocycles. The van der Waals surface area contributed by atoms with Gasteiger partial charge in [0.25, 0.3) is 0 Å². The zero-order valence-corrected chi connectivity index (χ0v) is 26.5. The van der Waals surface area contributed by atoms with E-state index in [1.165, 1.54) is 43.2 Å². The largest absolute Gasteiger partial charge is 0.455 e. The molecular weight excluding hydrogens is 546 g/mol. The molecule has 5 aromatic carbocycles. The first kappa shape index (κ1) is 27.3. The van der Waals surface area contributed by atoms with Crippen LogP contribution < -0.4 is 20.1 Å². The van der Waals surface area contributed by atoms with Crippen LogP contribution in [0.5, 0.6) is 0 Å². The number of benzene rings is 5. The maximum Gasteiger partial charge on any atom is 0.217 e. The second-order valence-corrected chi connectivity index (χ2v) is 16.1. The number of fused-ring (bicyclic) bond motifs is 4. The van der Waals surface area contributed by atoms with Crippen LogP contribution in [0, 0.1) is 33.5 Å². The molecule has 0 spiro atoms. The van der Waals surface area contributed by atoms with E-state index >= 15 is 0 Å². The fourth-order valence-corrected chi connectivity index (χ4v) is 10.4. The van der Waals surface area contributed by atoms with Crippen LogP contribution in [0.4, 0.5) is 4.39 Å². The molecule has 0 aliphatic carbocycles. The minimum absolute atomic E-state index is 0.244. The van der Waals surface area contributed by atoms with Crippen LogP contribution in [0.3, 0.4) is 0 Å². The Labute approximate surface area is 253 Å². The Morgan fingerprint density at radius 3 is 1.91 bits per heavy atom. The van der Waals surface area contributed by atoms with Crippen molar-refractivity contribution >= 4 is 56.5 Å². The second kappa shape index (κ2) is 10.0. The van der Waals surface area contributed by atoms with Gasteiger partial charge in [-0.1, -0.05) is 73.3 Å². The third-order valence-electron chi connectivity index (χ3n) is 9.67. The van der Waals surface area contributed by atoms with E-state index in [4.69, 9.17) is 4.42 Å². The third-order valence-corrected chi connectivity index (χ3v) is 14.1. The van der Waals surface area contributed by atoms with E-state index in [-0.39, 0.29) is 5.82 Å². The lowest BCUT2D eigenvalue weighted by atomic mass is 9.94. The van der Waals surface area contributed by atoms with Crippen molar-refractivity contribution in [1.82, 2.24) is 0 Å². The molecule has 0 bridgehead atoms. The Bertz CT molecular complexity index is 2160. The highest BCUT2D eigenvalue weighted by molar-refractivity contribution is 7.10. The van der Waals surface area contributed by atoms with Crippen LogP contribution in [-0.4, -0.2) is 8.07 Å². The van der Waals surface area contributed by atoms with E-state index < -0.39 is 8.07 Å². The van der Waals surface area contributed by atoms with E-state index in [2.05, 4.69) is 130 Å². The molecule has 0 saturated heterocycles. The summed E-state index contributed by atoms with van der Waals surface area (Å²) >= 11 is 0. The van der Waals surface area contributed by atoms with E-state index in [0.29, 0.717) is 11.1 Å². The molecule has 0 radical (unpaired) electrons. The average molecular weight is 581 g/mol. The first-order chi connectivity index (χ1) is 20.7. The number of halogens is 1. The third kappa shape index (κ3) is 4.08. The molecule has 0 aliphatic rings.